The molecule has 0 aliphatic rings. The van der Waals surface area contributed by atoms with Gasteiger partial charge < -0.3 is 10.6 Å². The van der Waals surface area contributed by atoms with Crippen molar-refractivity contribution in [1.29, 1.82) is 0 Å². The van der Waals surface area contributed by atoms with Crippen molar-refractivity contribution in [3.05, 3.63) is 63.9 Å². The summed E-state index contributed by atoms with van der Waals surface area (Å²) in [5.41, 5.74) is 3.20. The molecule has 0 aromatic heterocycles. The third-order valence-corrected chi connectivity index (χ3v) is 3.49. The molecule has 0 aliphatic carbocycles. The van der Waals surface area contributed by atoms with Gasteiger partial charge in [0.15, 0.2) is 0 Å². The summed E-state index contributed by atoms with van der Waals surface area (Å²) in [4.78, 5) is 12.2. The molecule has 0 saturated carbocycles. The maximum atomic E-state index is 13.1. The number of anilines is 1. The van der Waals surface area contributed by atoms with Crippen LogP contribution < -0.4 is 10.6 Å². The van der Waals surface area contributed by atoms with Crippen molar-refractivity contribution < 1.29 is 9.18 Å². The normalized spacial score (nSPS) is 10.3. The van der Waals surface area contributed by atoms with Gasteiger partial charge in [-0.15, -0.1) is 0 Å². The molecule has 1 amide bonds. The second-order valence-corrected chi connectivity index (χ2v) is 5.12. The molecular weight excluding hydrogens is 291 g/mol. The van der Waals surface area contributed by atoms with E-state index in [1.54, 1.807) is 12.1 Å². The van der Waals surface area contributed by atoms with Crippen molar-refractivity contribution in [3.63, 3.8) is 0 Å². The second-order valence-electron chi connectivity index (χ2n) is 4.71. The molecule has 0 bridgehead atoms. The lowest BCUT2D eigenvalue weighted by atomic mass is 10.1. The highest BCUT2D eigenvalue weighted by molar-refractivity contribution is 6.30. The third kappa shape index (κ3) is 3.73. The fourth-order valence-electron chi connectivity index (χ4n) is 2.00. The predicted octanol–water partition coefficient (Wildman–Crippen LogP) is 3.76. The van der Waals surface area contributed by atoms with Crippen LogP contribution in [0.1, 0.15) is 21.5 Å². The van der Waals surface area contributed by atoms with Gasteiger partial charge in [-0.2, -0.15) is 0 Å². The number of rotatable bonds is 4. The molecule has 5 heteroatoms. The largest absolute Gasteiger partial charge is 0.388 e. The number of amides is 1. The van der Waals surface area contributed by atoms with Crippen molar-refractivity contribution in [2.24, 2.45) is 0 Å². The van der Waals surface area contributed by atoms with Crippen LogP contribution in [0.25, 0.3) is 0 Å². The fourth-order valence-corrected chi connectivity index (χ4v) is 2.20. The highest BCUT2D eigenvalue weighted by atomic mass is 35.5. The minimum atomic E-state index is -0.467. The smallest absolute Gasteiger partial charge is 0.251 e. The van der Waals surface area contributed by atoms with E-state index < -0.39 is 5.82 Å². The second kappa shape index (κ2) is 6.59. The van der Waals surface area contributed by atoms with Gasteiger partial charge in [0, 0.05) is 24.8 Å². The molecule has 0 saturated heterocycles. The number of carbonyl (C=O) groups is 1. The minimum Gasteiger partial charge on any atom is -0.388 e. The van der Waals surface area contributed by atoms with Gasteiger partial charge in [-0.1, -0.05) is 17.7 Å². The minimum absolute atomic E-state index is 0.0521. The Hall–Kier alpha value is -2.07. The summed E-state index contributed by atoms with van der Waals surface area (Å²) < 4.78 is 13.1. The highest BCUT2D eigenvalue weighted by Gasteiger charge is 2.09. The topological polar surface area (TPSA) is 41.1 Å². The van der Waals surface area contributed by atoms with Crippen LogP contribution >= 0.6 is 11.6 Å². The molecule has 2 N–H and O–H groups in total. The summed E-state index contributed by atoms with van der Waals surface area (Å²) >= 11 is 5.71. The maximum Gasteiger partial charge on any atom is 0.251 e. The molecule has 0 radical (unpaired) electrons. The van der Waals surface area contributed by atoms with Crippen molar-refractivity contribution in [2.45, 2.75) is 13.5 Å². The van der Waals surface area contributed by atoms with Gasteiger partial charge >= 0.3 is 0 Å². The zero-order valence-corrected chi connectivity index (χ0v) is 12.6. The van der Waals surface area contributed by atoms with E-state index in [1.807, 2.05) is 26.1 Å². The van der Waals surface area contributed by atoms with E-state index in [2.05, 4.69) is 10.6 Å². The Labute approximate surface area is 128 Å². The molecule has 21 heavy (non-hydrogen) atoms. The standard InChI is InChI=1S/C16H16ClFN2O/c1-10-7-12(19-2)4-5-13(10)16(21)20-9-11-3-6-15(18)14(17)8-11/h3-8,19H,9H2,1-2H3,(H,20,21). The molecule has 2 rings (SSSR count). The van der Waals surface area contributed by atoms with Gasteiger partial charge in [0.25, 0.3) is 5.91 Å². The van der Waals surface area contributed by atoms with E-state index in [-0.39, 0.29) is 10.9 Å². The Morgan fingerprint density at radius 3 is 2.62 bits per heavy atom. The lowest BCUT2D eigenvalue weighted by Gasteiger charge is -2.10. The molecule has 110 valence electrons. The third-order valence-electron chi connectivity index (χ3n) is 3.20. The molecule has 0 unspecified atom stereocenters. The molecule has 0 atom stereocenters. The van der Waals surface area contributed by atoms with E-state index >= 15 is 0 Å². The van der Waals surface area contributed by atoms with Gasteiger partial charge in [-0.3, -0.25) is 4.79 Å². The van der Waals surface area contributed by atoms with Crippen LogP contribution in [-0.2, 0) is 6.54 Å². The van der Waals surface area contributed by atoms with E-state index in [0.717, 1.165) is 16.8 Å². The van der Waals surface area contributed by atoms with Crippen LogP contribution in [0.4, 0.5) is 10.1 Å². The van der Waals surface area contributed by atoms with Gasteiger partial charge in [0.2, 0.25) is 0 Å². The first-order chi connectivity index (χ1) is 10.0. The Balaban J connectivity index is 2.06. The van der Waals surface area contributed by atoms with Crippen LogP contribution in [0.3, 0.4) is 0 Å². The summed E-state index contributed by atoms with van der Waals surface area (Å²) in [5.74, 6) is -0.638. The van der Waals surface area contributed by atoms with Crippen molar-refractivity contribution in [1.82, 2.24) is 5.32 Å². The van der Waals surface area contributed by atoms with Gasteiger partial charge in [0.1, 0.15) is 5.82 Å². The Bertz CT molecular complexity index is 673. The Morgan fingerprint density at radius 2 is 2.00 bits per heavy atom. The number of hydrogen-bond acceptors (Lipinski definition) is 2. The first-order valence-corrected chi connectivity index (χ1v) is 6.89. The van der Waals surface area contributed by atoms with E-state index in [9.17, 15) is 9.18 Å². The fraction of sp³-hybridized carbons (Fsp3) is 0.188. The molecule has 0 aliphatic heterocycles. The number of nitrogens with one attached hydrogen (secondary N) is 2. The first-order valence-electron chi connectivity index (χ1n) is 6.52. The van der Waals surface area contributed by atoms with Crippen LogP contribution in [-0.4, -0.2) is 13.0 Å². The van der Waals surface area contributed by atoms with Crippen LogP contribution in [0.5, 0.6) is 0 Å². The van der Waals surface area contributed by atoms with Crippen molar-refractivity contribution in [3.8, 4) is 0 Å². The zero-order chi connectivity index (χ0) is 15.4. The Morgan fingerprint density at radius 1 is 1.24 bits per heavy atom. The average Bonchev–Trinajstić information content (AvgIpc) is 2.48. The highest BCUT2D eigenvalue weighted by Crippen LogP contribution is 2.17. The molecule has 2 aromatic carbocycles. The zero-order valence-electron chi connectivity index (χ0n) is 11.8. The quantitative estimate of drug-likeness (QED) is 0.903. The van der Waals surface area contributed by atoms with Crippen LogP contribution in [0.15, 0.2) is 36.4 Å². The predicted molar refractivity (Wildman–Crippen MR) is 83.3 cm³/mol. The van der Waals surface area contributed by atoms with Crippen molar-refractivity contribution in [2.75, 3.05) is 12.4 Å². The number of benzene rings is 2. The Kier molecular flexibility index (Phi) is 4.81. The number of aryl methyl sites for hydroxylation is 1. The SMILES string of the molecule is CNc1ccc(C(=O)NCc2ccc(F)c(Cl)c2)c(C)c1. The number of carbonyl (C=O) groups excluding carboxylic acids is 1. The first kappa shape index (κ1) is 15.3. The van der Waals surface area contributed by atoms with E-state index in [0.29, 0.717) is 12.1 Å². The molecule has 0 heterocycles. The molecule has 0 spiro atoms. The number of halogens is 2. The average molecular weight is 307 g/mol. The van der Waals surface area contributed by atoms with Gasteiger partial charge in [0.05, 0.1) is 5.02 Å². The van der Waals surface area contributed by atoms with Crippen LogP contribution in [0, 0.1) is 12.7 Å². The summed E-state index contributed by atoms with van der Waals surface area (Å²) in [7, 11) is 1.83. The van der Waals surface area contributed by atoms with Gasteiger partial charge in [-0.05, 0) is 48.4 Å². The molecular formula is C16H16ClFN2O. The van der Waals surface area contributed by atoms with Crippen molar-refractivity contribution >= 4 is 23.2 Å². The lowest BCUT2D eigenvalue weighted by Crippen LogP contribution is -2.23. The molecule has 2 aromatic rings. The molecule has 3 nitrogen and oxygen atoms in total. The van der Waals surface area contributed by atoms with E-state index in [4.69, 9.17) is 11.6 Å². The summed E-state index contributed by atoms with van der Waals surface area (Å²) in [6.45, 7) is 2.18. The number of hydrogen-bond donors (Lipinski definition) is 2. The molecule has 0 fully saturated rings. The lowest BCUT2D eigenvalue weighted by molar-refractivity contribution is 0.0950. The van der Waals surface area contributed by atoms with Crippen LogP contribution in [0.2, 0.25) is 5.02 Å². The summed E-state index contributed by atoms with van der Waals surface area (Å²) in [6.07, 6.45) is 0. The van der Waals surface area contributed by atoms with E-state index in [1.165, 1.54) is 12.1 Å². The van der Waals surface area contributed by atoms with Gasteiger partial charge in [-0.25, -0.2) is 4.39 Å². The maximum absolute atomic E-state index is 13.1. The summed E-state index contributed by atoms with van der Waals surface area (Å²) in [5, 5.41) is 5.87. The monoisotopic (exact) mass is 306 g/mol. The summed E-state index contributed by atoms with van der Waals surface area (Å²) in [6, 6.07) is 9.91.